The molecule has 1 saturated carbocycles. The predicted octanol–water partition coefficient (Wildman–Crippen LogP) is 6.67. The Morgan fingerprint density at radius 1 is 0.862 bits per heavy atom. The predicted molar refractivity (Wildman–Crippen MR) is 119 cm³/mol. The van der Waals surface area contributed by atoms with Gasteiger partial charge in [-0.2, -0.15) is 0 Å². The highest BCUT2D eigenvalue weighted by Crippen LogP contribution is 2.35. The topological polar surface area (TPSA) is 31.4 Å². The van der Waals surface area contributed by atoms with Crippen LogP contribution < -0.4 is 4.74 Å². The van der Waals surface area contributed by atoms with Crippen molar-refractivity contribution in [3.8, 4) is 5.75 Å². The molecule has 4 heteroatoms. The molecule has 1 aliphatic rings. The third-order valence-electron chi connectivity index (χ3n) is 5.54. The Balaban J connectivity index is 1.27. The van der Waals surface area contributed by atoms with Gasteiger partial charge < -0.3 is 9.47 Å². The van der Waals surface area contributed by atoms with Gasteiger partial charge in [-0.15, -0.1) is 0 Å². The van der Waals surface area contributed by atoms with E-state index in [1.807, 2.05) is 42.6 Å². The fourth-order valence-corrected chi connectivity index (χ4v) is 4.25. The zero-order valence-electron chi connectivity index (χ0n) is 16.5. The molecule has 1 aromatic heterocycles. The van der Waals surface area contributed by atoms with Crippen molar-refractivity contribution in [2.45, 2.75) is 50.9 Å². The van der Waals surface area contributed by atoms with Gasteiger partial charge in [-0.3, -0.25) is 4.98 Å². The number of aromatic nitrogens is 1. The number of hydrogen-bond acceptors (Lipinski definition) is 3. The van der Waals surface area contributed by atoms with Crippen molar-refractivity contribution in [3.05, 3.63) is 94.2 Å². The minimum absolute atomic E-state index is 0.317. The minimum atomic E-state index is 0.317. The fourth-order valence-electron chi connectivity index (χ4n) is 3.88. The Hall–Kier alpha value is -2.17. The van der Waals surface area contributed by atoms with Gasteiger partial charge in [0.05, 0.1) is 18.4 Å². The summed E-state index contributed by atoms with van der Waals surface area (Å²) in [6.07, 6.45) is 6.60. The number of hydrogen-bond donors (Lipinski definition) is 0. The summed E-state index contributed by atoms with van der Waals surface area (Å²) in [5.74, 6) is 1.53. The molecule has 3 nitrogen and oxygen atoms in total. The molecular formula is C25H26BrNO2. The van der Waals surface area contributed by atoms with E-state index in [9.17, 15) is 0 Å². The molecule has 0 aliphatic heterocycles. The van der Waals surface area contributed by atoms with Crippen LogP contribution in [0.15, 0.2) is 77.4 Å². The fraction of sp³-hybridized carbons (Fsp3) is 0.320. The molecule has 0 radical (unpaired) electrons. The van der Waals surface area contributed by atoms with Crippen molar-refractivity contribution in [1.82, 2.24) is 4.98 Å². The monoisotopic (exact) mass is 451 g/mol. The largest absolute Gasteiger partial charge is 0.489 e. The number of halogens is 1. The van der Waals surface area contributed by atoms with Gasteiger partial charge in [0.2, 0.25) is 0 Å². The van der Waals surface area contributed by atoms with Crippen LogP contribution in [0.2, 0.25) is 0 Å². The van der Waals surface area contributed by atoms with Gasteiger partial charge in [-0.25, -0.2) is 0 Å². The van der Waals surface area contributed by atoms with Crippen molar-refractivity contribution < 1.29 is 9.47 Å². The lowest BCUT2D eigenvalue weighted by molar-refractivity contribution is 0.0115. The normalized spacial score (nSPS) is 19.1. The average Bonchev–Trinajstić information content (AvgIpc) is 2.78. The molecule has 0 amide bonds. The molecule has 1 aliphatic carbocycles. The lowest BCUT2D eigenvalue weighted by Crippen LogP contribution is -2.21. The molecule has 3 aromatic rings. The van der Waals surface area contributed by atoms with E-state index in [0.29, 0.717) is 25.2 Å². The van der Waals surface area contributed by atoms with E-state index >= 15 is 0 Å². The number of pyridine rings is 1. The molecule has 0 unspecified atom stereocenters. The standard InChI is InChI=1S/C25H26BrNO2/c26-24-10-5-15-27-25(24)18-29-22-13-11-20(12-14-22)21-8-4-9-23(16-21)28-17-19-6-2-1-3-7-19/h1-10,15-16,20,22H,11-14,17-18H2/t20-,22+. The van der Waals surface area contributed by atoms with Gasteiger partial charge in [0, 0.05) is 10.7 Å². The van der Waals surface area contributed by atoms with Gasteiger partial charge in [-0.05, 0) is 82.9 Å². The summed E-state index contributed by atoms with van der Waals surface area (Å²) < 4.78 is 13.2. The maximum atomic E-state index is 6.13. The molecular weight excluding hydrogens is 426 g/mol. The van der Waals surface area contributed by atoms with Gasteiger partial charge in [0.25, 0.3) is 0 Å². The molecule has 0 N–H and O–H groups in total. The lowest BCUT2D eigenvalue weighted by atomic mass is 9.82. The highest BCUT2D eigenvalue weighted by atomic mass is 79.9. The zero-order chi connectivity index (χ0) is 19.9. The van der Waals surface area contributed by atoms with E-state index in [1.165, 1.54) is 11.1 Å². The molecule has 150 valence electrons. The van der Waals surface area contributed by atoms with Crippen molar-refractivity contribution in [2.24, 2.45) is 0 Å². The van der Waals surface area contributed by atoms with Crippen LogP contribution in [0.4, 0.5) is 0 Å². The van der Waals surface area contributed by atoms with Gasteiger partial charge in [0.15, 0.2) is 0 Å². The summed E-state index contributed by atoms with van der Waals surface area (Å²) in [6, 6.07) is 22.8. The average molecular weight is 452 g/mol. The van der Waals surface area contributed by atoms with Crippen molar-refractivity contribution in [3.63, 3.8) is 0 Å². The van der Waals surface area contributed by atoms with E-state index in [1.54, 1.807) is 0 Å². The van der Waals surface area contributed by atoms with E-state index in [0.717, 1.165) is 41.6 Å². The SMILES string of the molecule is Brc1cccnc1CO[C@H]1CC[C@@H](c2cccc(OCc3ccccc3)c2)CC1. The molecule has 0 saturated heterocycles. The molecule has 0 atom stereocenters. The van der Waals surface area contributed by atoms with Crippen LogP contribution in [0.3, 0.4) is 0 Å². The number of benzene rings is 2. The van der Waals surface area contributed by atoms with Gasteiger partial charge in [-0.1, -0.05) is 42.5 Å². The summed E-state index contributed by atoms with van der Waals surface area (Å²) in [5, 5.41) is 0. The van der Waals surface area contributed by atoms with Gasteiger partial charge >= 0.3 is 0 Å². The van der Waals surface area contributed by atoms with Crippen LogP contribution >= 0.6 is 15.9 Å². The second kappa shape index (κ2) is 10.0. The molecule has 0 bridgehead atoms. The molecule has 29 heavy (non-hydrogen) atoms. The van der Waals surface area contributed by atoms with Crippen LogP contribution in [0.5, 0.6) is 5.75 Å². The zero-order valence-corrected chi connectivity index (χ0v) is 18.1. The molecule has 2 aromatic carbocycles. The van der Waals surface area contributed by atoms with Crippen LogP contribution in [0, 0.1) is 0 Å². The quantitative estimate of drug-likeness (QED) is 0.401. The highest BCUT2D eigenvalue weighted by Gasteiger charge is 2.23. The Morgan fingerprint density at radius 2 is 1.69 bits per heavy atom. The van der Waals surface area contributed by atoms with E-state index in [-0.39, 0.29) is 0 Å². The highest BCUT2D eigenvalue weighted by molar-refractivity contribution is 9.10. The van der Waals surface area contributed by atoms with Gasteiger partial charge in [0.1, 0.15) is 12.4 Å². The number of rotatable bonds is 7. The van der Waals surface area contributed by atoms with Crippen LogP contribution in [0.1, 0.15) is 48.4 Å². The summed E-state index contributed by atoms with van der Waals surface area (Å²) in [5.41, 5.74) is 3.54. The van der Waals surface area contributed by atoms with E-state index in [2.05, 4.69) is 51.2 Å². The van der Waals surface area contributed by atoms with Crippen molar-refractivity contribution in [1.29, 1.82) is 0 Å². The first-order chi connectivity index (χ1) is 14.3. The summed E-state index contributed by atoms with van der Waals surface area (Å²) >= 11 is 3.54. The third-order valence-corrected chi connectivity index (χ3v) is 6.26. The summed E-state index contributed by atoms with van der Waals surface area (Å²) in [7, 11) is 0. The Bertz CT molecular complexity index is 907. The summed E-state index contributed by atoms with van der Waals surface area (Å²) in [4.78, 5) is 4.39. The first kappa shape index (κ1) is 20.1. The van der Waals surface area contributed by atoms with E-state index in [4.69, 9.17) is 9.47 Å². The molecule has 0 spiro atoms. The first-order valence-electron chi connectivity index (χ1n) is 10.3. The first-order valence-corrected chi connectivity index (χ1v) is 11.0. The number of ether oxygens (including phenoxy) is 2. The molecule has 1 heterocycles. The van der Waals surface area contributed by atoms with Crippen LogP contribution in [-0.4, -0.2) is 11.1 Å². The Morgan fingerprint density at radius 3 is 2.48 bits per heavy atom. The maximum absolute atomic E-state index is 6.13. The Labute approximate surface area is 181 Å². The minimum Gasteiger partial charge on any atom is -0.489 e. The van der Waals surface area contributed by atoms with Crippen molar-refractivity contribution in [2.75, 3.05) is 0 Å². The molecule has 1 fully saturated rings. The van der Waals surface area contributed by atoms with Crippen molar-refractivity contribution >= 4 is 15.9 Å². The molecule has 4 rings (SSSR count). The summed E-state index contributed by atoms with van der Waals surface area (Å²) in [6.45, 7) is 1.17. The lowest BCUT2D eigenvalue weighted by Gasteiger charge is -2.29. The number of nitrogens with zero attached hydrogens (tertiary/aromatic N) is 1. The second-order valence-corrected chi connectivity index (χ2v) is 8.42. The Kier molecular flexibility index (Phi) is 6.96. The van der Waals surface area contributed by atoms with Crippen LogP contribution in [0.25, 0.3) is 0 Å². The second-order valence-electron chi connectivity index (χ2n) is 7.56. The van der Waals surface area contributed by atoms with E-state index < -0.39 is 0 Å². The maximum Gasteiger partial charge on any atom is 0.120 e. The smallest absolute Gasteiger partial charge is 0.120 e. The third kappa shape index (κ3) is 5.68. The van der Waals surface area contributed by atoms with Crippen LogP contribution in [-0.2, 0) is 18.0 Å².